The number of hydrogen-bond donors (Lipinski definition) is 1. The van der Waals surface area contributed by atoms with E-state index in [1.54, 1.807) is 0 Å². The van der Waals surface area contributed by atoms with Crippen LogP contribution < -0.4 is 0 Å². The highest BCUT2D eigenvalue weighted by atomic mass is 32.2. The Kier molecular flexibility index (Phi) is 2.91. The van der Waals surface area contributed by atoms with Crippen molar-refractivity contribution in [2.75, 3.05) is 12.0 Å². The number of carbonyl (C=O) groups excluding carboxylic acids is 1. The van der Waals surface area contributed by atoms with Crippen LogP contribution in [0.3, 0.4) is 0 Å². The van der Waals surface area contributed by atoms with E-state index in [1.165, 1.54) is 11.8 Å². The van der Waals surface area contributed by atoms with Crippen LogP contribution in [0.1, 0.15) is 19.3 Å². The molecule has 0 aromatic carbocycles. The fourth-order valence-electron chi connectivity index (χ4n) is 2.84. The Morgan fingerprint density at radius 3 is 2.73 bits per heavy atom. The summed E-state index contributed by atoms with van der Waals surface area (Å²) in [6.07, 6.45) is 4.39. The molecule has 84 valence electrons. The molecule has 5 heteroatoms. The average molecular weight is 229 g/mol. The SMILES string of the molecule is CSCC(=O)N1C2CCC1C(C(=O)O)C2. The monoisotopic (exact) mass is 229 g/mol. The summed E-state index contributed by atoms with van der Waals surface area (Å²) in [5.41, 5.74) is 0. The molecule has 2 rings (SSSR count). The fraction of sp³-hybridized carbons (Fsp3) is 0.800. The van der Waals surface area contributed by atoms with Crippen molar-refractivity contribution in [1.29, 1.82) is 0 Å². The number of nitrogens with zero attached hydrogens (tertiary/aromatic N) is 1. The number of carbonyl (C=O) groups is 2. The van der Waals surface area contributed by atoms with Gasteiger partial charge in [0.15, 0.2) is 0 Å². The molecular weight excluding hydrogens is 214 g/mol. The summed E-state index contributed by atoms with van der Waals surface area (Å²) in [6, 6.07) is 0.155. The molecule has 0 aromatic rings. The molecule has 0 saturated carbocycles. The average Bonchev–Trinajstić information content (AvgIpc) is 2.74. The van der Waals surface area contributed by atoms with Crippen molar-refractivity contribution in [3.8, 4) is 0 Å². The van der Waals surface area contributed by atoms with Gasteiger partial charge in [0.05, 0.1) is 11.7 Å². The van der Waals surface area contributed by atoms with Crippen LogP contribution in [0.5, 0.6) is 0 Å². The van der Waals surface area contributed by atoms with Gasteiger partial charge in [-0.05, 0) is 25.5 Å². The maximum absolute atomic E-state index is 11.8. The Hall–Kier alpha value is -0.710. The maximum atomic E-state index is 11.8. The molecule has 2 saturated heterocycles. The first kappa shape index (κ1) is 10.8. The molecule has 0 aromatic heterocycles. The summed E-state index contributed by atoms with van der Waals surface area (Å²) in [5, 5.41) is 9.02. The van der Waals surface area contributed by atoms with E-state index >= 15 is 0 Å². The first-order chi connectivity index (χ1) is 7.15. The largest absolute Gasteiger partial charge is 0.481 e. The number of hydrogen-bond acceptors (Lipinski definition) is 3. The van der Waals surface area contributed by atoms with Crippen molar-refractivity contribution >= 4 is 23.6 Å². The quantitative estimate of drug-likeness (QED) is 0.778. The number of fused-ring (bicyclic) bond motifs is 2. The Morgan fingerprint density at radius 2 is 2.20 bits per heavy atom. The van der Waals surface area contributed by atoms with Gasteiger partial charge in [0.2, 0.25) is 5.91 Å². The van der Waals surface area contributed by atoms with E-state index < -0.39 is 5.97 Å². The molecule has 4 nitrogen and oxygen atoms in total. The van der Waals surface area contributed by atoms with Gasteiger partial charge in [-0.1, -0.05) is 0 Å². The van der Waals surface area contributed by atoms with E-state index in [1.807, 2.05) is 11.2 Å². The number of carboxylic acid groups (broad SMARTS) is 1. The Bertz CT molecular complexity index is 294. The topological polar surface area (TPSA) is 57.6 Å². The molecule has 1 N–H and O–H groups in total. The van der Waals surface area contributed by atoms with E-state index in [-0.39, 0.29) is 23.9 Å². The van der Waals surface area contributed by atoms with Crippen molar-refractivity contribution < 1.29 is 14.7 Å². The maximum Gasteiger partial charge on any atom is 0.308 e. The Morgan fingerprint density at radius 1 is 1.47 bits per heavy atom. The predicted octanol–water partition coefficient (Wildman–Crippen LogP) is 0.813. The molecule has 1 amide bonds. The second-order valence-electron chi connectivity index (χ2n) is 4.21. The van der Waals surface area contributed by atoms with Crippen LogP contribution in [-0.4, -0.2) is 46.0 Å². The van der Waals surface area contributed by atoms with Gasteiger partial charge in [-0.15, -0.1) is 0 Å². The standard InChI is InChI=1S/C10H15NO3S/c1-15-5-9(12)11-6-2-3-8(11)7(4-6)10(13)14/h6-8H,2-5H2,1H3,(H,13,14). The van der Waals surface area contributed by atoms with Crippen LogP contribution in [0.2, 0.25) is 0 Å². The number of thioether (sulfide) groups is 1. The van der Waals surface area contributed by atoms with Gasteiger partial charge < -0.3 is 10.0 Å². The smallest absolute Gasteiger partial charge is 0.308 e. The minimum Gasteiger partial charge on any atom is -0.481 e. The molecule has 0 spiro atoms. The predicted molar refractivity (Wildman–Crippen MR) is 57.8 cm³/mol. The lowest BCUT2D eigenvalue weighted by Crippen LogP contribution is -2.38. The highest BCUT2D eigenvalue weighted by Crippen LogP contribution is 2.41. The zero-order valence-electron chi connectivity index (χ0n) is 8.68. The summed E-state index contributed by atoms with van der Waals surface area (Å²) < 4.78 is 0. The number of amides is 1. The third-order valence-corrected chi connectivity index (χ3v) is 3.95. The molecule has 15 heavy (non-hydrogen) atoms. The van der Waals surface area contributed by atoms with Gasteiger partial charge in [-0.2, -0.15) is 11.8 Å². The summed E-state index contributed by atoms with van der Waals surface area (Å²) in [5.74, 6) is -0.489. The normalized spacial score (nSPS) is 33.4. The van der Waals surface area contributed by atoms with Crippen LogP contribution >= 0.6 is 11.8 Å². The molecular formula is C10H15NO3S. The van der Waals surface area contributed by atoms with Crippen molar-refractivity contribution in [3.63, 3.8) is 0 Å². The highest BCUT2D eigenvalue weighted by molar-refractivity contribution is 7.99. The van der Waals surface area contributed by atoms with Crippen LogP contribution in [0.15, 0.2) is 0 Å². The molecule has 2 heterocycles. The van der Waals surface area contributed by atoms with E-state index in [2.05, 4.69) is 0 Å². The van der Waals surface area contributed by atoms with Crippen LogP contribution in [0.4, 0.5) is 0 Å². The molecule has 2 aliphatic rings. The summed E-state index contributed by atoms with van der Waals surface area (Å²) in [7, 11) is 0. The van der Waals surface area contributed by atoms with Gasteiger partial charge in [0.1, 0.15) is 0 Å². The Labute approximate surface area is 93.0 Å². The third-order valence-electron chi connectivity index (χ3n) is 3.41. The molecule has 0 aliphatic carbocycles. The van der Waals surface area contributed by atoms with E-state index in [0.29, 0.717) is 12.2 Å². The van der Waals surface area contributed by atoms with Crippen molar-refractivity contribution in [2.45, 2.75) is 31.3 Å². The number of carboxylic acids is 1. The number of aliphatic carboxylic acids is 1. The third kappa shape index (κ3) is 1.73. The minimum atomic E-state index is -0.746. The molecule has 2 bridgehead atoms. The second-order valence-corrected chi connectivity index (χ2v) is 5.08. The van der Waals surface area contributed by atoms with Crippen LogP contribution in [0.25, 0.3) is 0 Å². The van der Waals surface area contributed by atoms with Crippen molar-refractivity contribution in [3.05, 3.63) is 0 Å². The minimum absolute atomic E-state index is 0.0350. The summed E-state index contributed by atoms with van der Waals surface area (Å²) in [6.45, 7) is 0. The zero-order valence-corrected chi connectivity index (χ0v) is 9.50. The van der Waals surface area contributed by atoms with Crippen molar-refractivity contribution in [1.82, 2.24) is 4.90 Å². The van der Waals surface area contributed by atoms with Crippen molar-refractivity contribution in [2.24, 2.45) is 5.92 Å². The van der Waals surface area contributed by atoms with Gasteiger partial charge in [-0.25, -0.2) is 0 Å². The first-order valence-corrected chi connectivity index (χ1v) is 6.57. The van der Waals surface area contributed by atoms with Gasteiger partial charge in [-0.3, -0.25) is 9.59 Å². The van der Waals surface area contributed by atoms with Gasteiger partial charge in [0, 0.05) is 12.1 Å². The first-order valence-electron chi connectivity index (χ1n) is 5.18. The van der Waals surface area contributed by atoms with Crippen LogP contribution in [0, 0.1) is 5.92 Å². The van der Waals surface area contributed by atoms with Gasteiger partial charge in [0.25, 0.3) is 0 Å². The summed E-state index contributed by atoms with van der Waals surface area (Å²) >= 11 is 1.50. The lowest BCUT2D eigenvalue weighted by Gasteiger charge is -2.22. The van der Waals surface area contributed by atoms with E-state index in [0.717, 1.165) is 12.8 Å². The highest BCUT2D eigenvalue weighted by Gasteiger charge is 2.50. The second kappa shape index (κ2) is 4.04. The molecule has 3 atom stereocenters. The van der Waals surface area contributed by atoms with E-state index in [4.69, 9.17) is 5.11 Å². The zero-order chi connectivity index (χ0) is 11.0. The lowest BCUT2D eigenvalue weighted by atomic mass is 9.89. The summed E-state index contributed by atoms with van der Waals surface area (Å²) in [4.78, 5) is 24.6. The fourth-order valence-corrected chi connectivity index (χ4v) is 3.24. The molecule has 2 aliphatic heterocycles. The lowest BCUT2D eigenvalue weighted by molar-refractivity contribution is -0.143. The molecule has 3 unspecified atom stereocenters. The Balaban J connectivity index is 2.09. The van der Waals surface area contributed by atoms with E-state index in [9.17, 15) is 9.59 Å². The molecule has 2 fully saturated rings. The number of rotatable bonds is 3. The van der Waals surface area contributed by atoms with Gasteiger partial charge >= 0.3 is 5.97 Å². The van der Waals surface area contributed by atoms with Crippen LogP contribution in [-0.2, 0) is 9.59 Å². The molecule has 0 radical (unpaired) electrons.